The molecule has 2 N–H and O–H groups in total. The van der Waals surface area contributed by atoms with Crippen molar-refractivity contribution in [3.05, 3.63) is 65.2 Å². The van der Waals surface area contributed by atoms with Crippen molar-refractivity contribution < 1.29 is 0 Å². The van der Waals surface area contributed by atoms with Crippen LogP contribution in [0.3, 0.4) is 0 Å². The third-order valence-corrected chi connectivity index (χ3v) is 3.97. The highest BCUT2D eigenvalue weighted by Crippen LogP contribution is 2.34. The minimum Gasteiger partial charge on any atom is -0.362 e. The number of fused-ring (bicyclic) bond motifs is 1. The molecular weight excluding hydrogens is 246 g/mol. The minimum absolute atomic E-state index is 0.148. The summed E-state index contributed by atoms with van der Waals surface area (Å²) in [4.78, 5) is 2.26. The number of rotatable bonds is 2. The van der Waals surface area contributed by atoms with Gasteiger partial charge in [0.2, 0.25) is 0 Å². The van der Waals surface area contributed by atoms with Gasteiger partial charge in [0.25, 0.3) is 0 Å². The zero-order valence-electron chi connectivity index (χ0n) is 11.3. The van der Waals surface area contributed by atoms with Crippen molar-refractivity contribution in [1.29, 1.82) is 5.26 Å². The first-order valence-corrected chi connectivity index (χ1v) is 6.89. The van der Waals surface area contributed by atoms with E-state index in [1.807, 2.05) is 24.3 Å². The molecule has 0 aromatic heterocycles. The Morgan fingerprint density at radius 2 is 1.90 bits per heavy atom. The van der Waals surface area contributed by atoms with Crippen molar-refractivity contribution in [2.24, 2.45) is 5.73 Å². The lowest BCUT2D eigenvalue weighted by Gasteiger charge is -2.38. The van der Waals surface area contributed by atoms with E-state index in [1.54, 1.807) is 0 Å². The summed E-state index contributed by atoms with van der Waals surface area (Å²) in [6, 6.07) is 18.6. The lowest BCUT2D eigenvalue weighted by molar-refractivity contribution is 0.590. The maximum atomic E-state index is 9.30. The number of nitrogens with zero attached hydrogens (tertiary/aromatic N) is 2. The second kappa shape index (κ2) is 5.36. The normalized spacial score (nSPS) is 17.4. The molecule has 1 unspecified atom stereocenters. The Morgan fingerprint density at radius 1 is 1.15 bits per heavy atom. The van der Waals surface area contributed by atoms with Crippen LogP contribution in [0.2, 0.25) is 0 Å². The number of anilines is 1. The van der Waals surface area contributed by atoms with Gasteiger partial charge in [-0.25, -0.2) is 0 Å². The Hall–Kier alpha value is -2.31. The highest BCUT2D eigenvalue weighted by atomic mass is 15.2. The van der Waals surface area contributed by atoms with Crippen LogP contribution in [0, 0.1) is 11.3 Å². The van der Waals surface area contributed by atoms with E-state index < -0.39 is 0 Å². The largest absolute Gasteiger partial charge is 0.362 e. The molecule has 3 nitrogen and oxygen atoms in total. The maximum Gasteiger partial charge on any atom is 0.101 e. The van der Waals surface area contributed by atoms with Crippen LogP contribution in [0.5, 0.6) is 0 Å². The monoisotopic (exact) mass is 263 g/mol. The Morgan fingerprint density at radius 3 is 2.70 bits per heavy atom. The van der Waals surface area contributed by atoms with Crippen molar-refractivity contribution in [2.75, 3.05) is 18.0 Å². The Labute approximate surface area is 119 Å². The second-order valence-electron chi connectivity index (χ2n) is 5.02. The molecule has 1 atom stereocenters. The molecule has 20 heavy (non-hydrogen) atoms. The van der Waals surface area contributed by atoms with E-state index in [4.69, 9.17) is 5.73 Å². The summed E-state index contributed by atoms with van der Waals surface area (Å²) in [5, 5.41) is 9.30. The summed E-state index contributed by atoms with van der Waals surface area (Å²) in [7, 11) is 0. The highest BCUT2D eigenvalue weighted by molar-refractivity contribution is 5.61. The summed E-state index contributed by atoms with van der Waals surface area (Å²) in [5.74, 6) is 0. The molecule has 1 aliphatic heterocycles. The summed E-state index contributed by atoms with van der Waals surface area (Å²) >= 11 is 0. The van der Waals surface area contributed by atoms with Crippen LogP contribution >= 0.6 is 0 Å². The van der Waals surface area contributed by atoms with E-state index in [2.05, 4.69) is 35.2 Å². The smallest absolute Gasteiger partial charge is 0.101 e. The van der Waals surface area contributed by atoms with Crippen molar-refractivity contribution >= 4 is 5.69 Å². The van der Waals surface area contributed by atoms with Crippen LogP contribution in [0.25, 0.3) is 0 Å². The first-order valence-electron chi connectivity index (χ1n) is 6.89. The molecule has 3 rings (SSSR count). The van der Waals surface area contributed by atoms with Crippen LogP contribution in [0.4, 0.5) is 5.69 Å². The van der Waals surface area contributed by atoms with Gasteiger partial charge in [0.15, 0.2) is 0 Å². The predicted molar refractivity (Wildman–Crippen MR) is 80.4 cm³/mol. The van der Waals surface area contributed by atoms with Gasteiger partial charge in [-0.1, -0.05) is 36.4 Å². The topological polar surface area (TPSA) is 53.0 Å². The maximum absolute atomic E-state index is 9.30. The first kappa shape index (κ1) is 12.7. The van der Waals surface area contributed by atoms with Gasteiger partial charge < -0.3 is 10.6 Å². The number of nitriles is 1. The van der Waals surface area contributed by atoms with Gasteiger partial charge in [-0.2, -0.15) is 5.26 Å². The second-order valence-corrected chi connectivity index (χ2v) is 5.02. The quantitative estimate of drug-likeness (QED) is 0.906. The molecule has 0 aliphatic carbocycles. The number of para-hydroxylation sites is 1. The fraction of sp³-hybridized carbons (Fsp3) is 0.235. The molecule has 1 aliphatic rings. The lowest BCUT2D eigenvalue weighted by Crippen LogP contribution is -2.39. The number of nitrogens with two attached hydrogens (primary N) is 1. The van der Waals surface area contributed by atoms with E-state index in [1.165, 1.54) is 11.1 Å². The van der Waals surface area contributed by atoms with Crippen LogP contribution < -0.4 is 10.6 Å². The molecule has 0 radical (unpaired) electrons. The highest BCUT2D eigenvalue weighted by Gasteiger charge is 2.27. The molecule has 0 spiro atoms. The van der Waals surface area contributed by atoms with Gasteiger partial charge in [0, 0.05) is 13.1 Å². The van der Waals surface area contributed by atoms with Gasteiger partial charge in [0.05, 0.1) is 17.3 Å². The fourth-order valence-electron chi connectivity index (χ4n) is 3.01. The molecule has 0 amide bonds. The Bertz CT molecular complexity index is 657. The van der Waals surface area contributed by atoms with E-state index in [0.717, 1.165) is 18.7 Å². The third-order valence-electron chi connectivity index (χ3n) is 3.97. The summed E-state index contributed by atoms with van der Waals surface area (Å²) in [6.07, 6.45) is 0.992. The zero-order valence-corrected chi connectivity index (χ0v) is 11.3. The van der Waals surface area contributed by atoms with Gasteiger partial charge in [0.1, 0.15) is 6.07 Å². The first-order chi connectivity index (χ1) is 9.85. The Balaban J connectivity index is 2.06. The number of benzene rings is 2. The number of hydrogen-bond donors (Lipinski definition) is 1. The standard InChI is InChI=1S/C17H17N3/c18-11-14-6-2-4-8-16(14)20-10-9-13-5-1-3-7-15(13)17(20)12-19/h1-8,17H,9-10,12,19H2. The van der Waals surface area contributed by atoms with Crippen molar-refractivity contribution in [2.45, 2.75) is 12.5 Å². The van der Waals surface area contributed by atoms with Crippen LogP contribution in [0.1, 0.15) is 22.7 Å². The molecule has 1 heterocycles. The predicted octanol–water partition coefficient (Wildman–Crippen LogP) is 2.62. The van der Waals surface area contributed by atoms with Crippen LogP contribution in [-0.2, 0) is 6.42 Å². The fourth-order valence-corrected chi connectivity index (χ4v) is 3.01. The lowest BCUT2D eigenvalue weighted by atomic mass is 9.91. The molecule has 2 aromatic rings. The SMILES string of the molecule is N#Cc1ccccc1N1CCc2ccccc2C1CN. The summed E-state index contributed by atoms with van der Waals surface area (Å²) < 4.78 is 0. The van der Waals surface area contributed by atoms with Gasteiger partial charge in [-0.15, -0.1) is 0 Å². The average Bonchev–Trinajstić information content (AvgIpc) is 2.53. The average molecular weight is 263 g/mol. The summed E-state index contributed by atoms with van der Waals surface area (Å²) in [5.41, 5.74) is 10.4. The third kappa shape index (κ3) is 2.04. The van der Waals surface area contributed by atoms with Gasteiger partial charge in [-0.05, 0) is 29.7 Å². The molecule has 0 saturated heterocycles. The zero-order chi connectivity index (χ0) is 13.9. The molecule has 2 aromatic carbocycles. The molecule has 0 saturated carbocycles. The van der Waals surface area contributed by atoms with E-state index in [0.29, 0.717) is 12.1 Å². The molecule has 0 bridgehead atoms. The number of hydrogen-bond acceptors (Lipinski definition) is 3. The van der Waals surface area contributed by atoms with E-state index in [9.17, 15) is 5.26 Å². The van der Waals surface area contributed by atoms with Crippen LogP contribution in [0.15, 0.2) is 48.5 Å². The van der Waals surface area contributed by atoms with Crippen molar-refractivity contribution in [1.82, 2.24) is 0 Å². The van der Waals surface area contributed by atoms with Crippen molar-refractivity contribution in [3.63, 3.8) is 0 Å². The molecule has 3 heteroatoms. The molecule has 0 fully saturated rings. The van der Waals surface area contributed by atoms with Gasteiger partial charge in [-0.3, -0.25) is 0 Å². The van der Waals surface area contributed by atoms with E-state index in [-0.39, 0.29) is 6.04 Å². The molecule has 100 valence electrons. The van der Waals surface area contributed by atoms with Crippen molar-refractivity contribution in [3.8, 4) is 6.07 Å². The van der Waals surface area contributed by atoms with E-state index >= 15 is 0 Å². The minimum atomic E-state index is 0.148. The molecular formula is C17H17N3. The van der Waals surface area contributed by atoms with Crippen LogP contribution in [-0.4, -0.2) is 13.1 Å². The van der Waals surface area contributed by atoms with Gasteiger partial charge >= 0.3 is 0 Å². The Kier molecular flexibility index (Phi) is 3.41. The summed E-state index contributed by atoms with van der Waals surface area (Å²) in [6.45, 7) is 1.45.